The van der Waals surface area contributed by atoms with E-state index in [-0.39, 0.29) is 30.5 Å². The van der Waals surface area contributed by atoms with E-state index in [1.54, 1.807) is 0 Å². The molecule has 1 heterocycles. The van der Waals surface area contributed by atoms with Crippen molar-refractivity contribution in [2.45, 2.75) is 13.3 Å². The molecule has 7 nitrogen and oxygen atoms in total. The van der Waals surface area contributed by atoms with E-state index < -0.39 is 10.8 Å². The number of hydrogen-bond acceptors (Lipinski definition) is 4. The standard InChI is InChI=1S/C18H17N3O4/c1-12-2-4-14(5-3-12)19-18(23)13-10-17(22)20(11-13)15-6-8-16(9-7-15)21(24)25/h2-9,13H,10-11H2,1H3,(H,19,23)/t13-/m1/s1. The summed E-state index contributed by atoms with van der Waals surface area (Å²) >= 11 is 0. The molecule has 2 aromatic carbocycles. The molecule has 1 aliphatic heterocycles. The van der Waals surface area contributed by atoms with E-state index in [1.165, 1.54) is 29.2 Å². The number of nitro benzene ring substituents is 1. The van der Waals surface area contributed by atoms with Crippen molar-refractivity contribution in [3.05, 3.63) is 64.2 Å². The highest BCUT2D eigenvalue weighted by Crippen LogP contribution is 2.27. The molecule has 0 radical (unpaired) electrons. The van der Waals surface area contributed by atoms with Crippen LogP contribution in [-0.4, -0.2) is 23.3 Å². The van der Waals surface area contributed by atoms with Gasteiger partial charge in [-0.2, -0.15) is 0 Å². The summed E-state index contributed by atoms with van der Waals surface area (Å²) in [6, 6.07) is 13.2. The molecule has 0 unspecified atom stereocenters. The first-order chi connectivity index (χ1) is 11.9. The SMILES string of the molecule is Cc1ccc(NC(=O)[C@@H]2CC(=O)N(c3ccc([N+](=O)[O-])cc3)C2)cc1. The fraction of sp³-hybridized carbons (Fsp3) is 0.222. The molecule has 0 saturated carbocycles. The summed E-state index contributed by atoms with van der Waals surface area (Å²) in [5.41, 5.74) is 2.31. The molecule has 2 aromatic rings. The van der Waals surface area contributed by atoms with Crippen LogP contribution >= 0.6 is 0 Å². The third-order valence-electron chi connectivity index (χ3n) is 4.19. The molecular weight excluding hydrogens is 322 g/mol. The van der Waals surface area contributed by atoms with Gasteiger partial charge in [-0.1, -0.05) is 17.7 Å². The number of amides is 2. The van der Waals surface area contributed by atoms with Crippen molar-refractivity contribution in [1.82, 2.24) is 0 Å². The van der Waals surface area contributed by atoms with Crippen molar-refractivity contribution in [3.8, 4) is 0 Å². The van der Waals surface area contributed by atoms with Crippen molar-refractivity contribution in [2.75, 3.05) is 16.8 Å². The lowest BCUT2D eigenvalue weighted by molar-refractivity contribution is -0.384. The molecule has 1 saturated heterocycles. The van der Waals surface area contributed by atoms with Crippen LogP contribution in [0.1, 0.15) is 12.0 Å². The number of hydrogen-bond donors (Lipinski definition) is 1. The molecule has 1 fully saturated rings. The number of non-ortho nitro benzene ring substituents is 1. The Kier molecular flexibility index (Phi) is 4.47. The number of nitro groups is 1. The number of anilines is 2. The predicted octanol–water partition coefficient (Wildman–Crippen LogP) is 2.89. The molecular formula is C18H17N3O4. The Morgan fingerprint density at radius 1 is 1.16 bits per heavy atom. The van der Waals surface area contributed by atoms with Gasteiger partial charge in [0.15, 0.2) is 0 Å². The summed E-state index contributed by atoms with van der Waals surface area (Å²) in [7, 11) is 0. The smallest absolute Gasteiger partial charge is 0.269 e. The lowest BCUT2D eigenvalue weighted by atomic mass is 10.1. The van der Waals surface area contributed by atoms with E-state index in [0.29, 0.717) is 11.4 Å². The van der Waals surface area contributed by atoms with Gasteiger partial charge in [0, 0.05) is 36.5 Å². The third-order valence-corrected chi connectivity index (χ3v) is 4.19. The minimum Gasteiger partial charge on any atom is -0.326 e. The zero-order valence-corrected chi connectivity index (χ0v) is 13.6. The summed E-state index contributed by atoms with van der Waals surface area (Å²) in [5, 5.41) is 13.5. The predicted molar refractivity (Wildman–Crippen MR) is 93.4 cm³/mol. The Hall–Kier alpha value is -3.22. The van der Waals surface area contributed by atoms with Gasteiger partial charge in [-0.15, -0.1) is 0 Å². The van der Waals surface area contributed by atoms with Crippen molar-refractivity contribution in [1.29, 1.82) is 0 Å². The van der Waals surface area contributed by atoms with E-state index in [2.05, 4.69) is 5.32 Å². The van der Waals surface area contributed by atoms with Crippen LogP contribution in [0.4, 0.5) is 17.1 Å². The topological polar surface area (TPSA) is 92.6 Å². The maximum Gasteiger partial charge on any atom is 0.269 e. The highest BCUT2D eigenvalue weighted by Gasteiger charge is 2.35. The number of aryl methyl sites for hydroxylation is 1. The van der Waals surface area contributed by atoms with Crippen LogP contribution in [0.2, 0.25) is 0 Å². The molecule has 0 spiro atoms. The second-order valence-electron chi connectivity index (χ2n) is 6.03. The van der Waals surface area contributed by atoms with Crippen LogP contribution < -0.4 is 10.2 Å². The molecule has 7 heteroatoms. The van der Waals surface area contributed by atoms with Gasteiger partial charge in [-0.25, -0.2) is 0 Å². The Morgan fingerprint density at radius 2 is 1.80 bits per heavy atom. The van der Waals surface area contributed by atoms with Gasteiger partial charge < -0.3 is 10.2 Å². The molecule has 2 amide bonds. The van der Waals surface area contributed by atoms with Crippen molar-refractivity contribution < 1.29 is 14.5 Å². The summed E-state index contributed by atoms with van der Waals surface area (Å²) in [6.45, 7) is 2.22. The molecule has 0 aliphatic carbocycles. The van der Waals surface area contributed by atoms with Crippen LogP contribution in [-0.2, 0) is 9.59 Å². The van der Waals surface area contributed by atoms with Crippen molar-refractivity contribution in [2.24, 2.45) is 5.92 Å². The van der Waals surface area contributed by atoms with Crippen LogP contribution in [0.25, 0.3) is 0 Å². The number of benzene rings is 2. The summed E-state index contributed by atoms with van der Waals surface area (Å²) in [4.78, 5) is 36.3. The highest BCUT2D eigenvalue weighted by atomic mass is 16.6. The quantitative estimate of drug-likeness (QED) is 0.685. The zero-order valence-electron chi connectivity index (χ0n) is 13.6. The Morgan fingerprint density at radius 3 is 2.40 bits per heavy atom. The Labute approximate surface area is 144 Å². The number of carbonyl (C=O) groups is 2. The summed E-state index contributed by atoms with van der Waals surface area (Å²) in [5.74, 6) is -0.830. The number of nitrogens with one attached hydrogen (secondary N) is 1. The first-order valence-corrected chi connectivity index (χ1v) is 7.86. The Balaban J connectivity index is 1.68. The van der Waals surface area contributed by atoms with Gasteiger partial charge in [0.1, 0.15) is 0 Å². The van der Waals surface area contributed by atoms with Crippen LogP contribution in [0.3, 0.4) is 0 Å². The average Bonchev–Trinajstić information content (AvgIpc) is 2.99. The Bertz CT molecular complexity index is 815. The van der Waals surface area contributed by atoms with Gasteiger partial charge in [0.05, 0.1) is 10.8 Å². The minimum absolute atomic E-state index is 0.0379. The largest absolute Gasteiger partial charge is 0.326 e. The van der Waals surface area contributed by atoms with Gasteiger partial charge in [-0.3, -0.25) is 19.7 Å². The normalized spacial score (nSPS) is 16.8. The van der Waals surface area contributed by atoms with E-state index in [1.807, 2.05) is 31.2 Å². The first-order valence-electron chi connectivity index (χ1n) is 7.86. The minimum atomic E-state index is -0.493. The fourth-order valence-corrected chi connectivity index (χ4v) is 2.77. The van der Waals surface area contributed by atoms with E-state index in [4.69, 9.17) is 0 Å². The van der Waals surface area contributed by atoms with Crippen LogP contribution in [0.5, 0.6) is 0 Å². The first kappa shape index (κ1) is 16.6. The molecule has 25 heavy (non-hydrogen) atoms. The molecule has 128 valence electrons. The van der Waals surface area contributed by atoms with E-state index in [0.717, 1.165) is 5.56 Å². The van der Waals surface area contributed by atoms with Gasteiger partial charge in [-0.05, 0) is 31.2 Å². The van der Waals surface area contributed by atoms with Crippen molar-refractivity contribution >= 4 is 28.9 Å². The van der Waals surface area contributed by atoms with Gasteiger partial charge >= 0.3 is 0 Å². The van der Waals surface area contributed by atoms with Gasteiger partial charge in [0.25, 0.3) is 5.69 Å². The lowest BCUT2D eigenvalue weighted by Gasteiger charge is -2.16. The monoisotopic (exact) mass is 339 g/mol. The number of rotatable bonds is 4. The summed E-state index contributed by atoms with van der Waals surface area (Å²) < 4.78 is 0. The maximum atomic E-state index is 12.4. The molecule has 3 rings (SSSR count). The lowest BCUT2D eigenvalue weighted by Crippen LogP contribution is -2.28. The zero-order chi connectivity index (χ0) is 18.0. The maximum absolute atomic E-state index is 12.4. The molecule has 1 aliphatic rings. The number of nitrogens with zero attached hydrogens (tertiary/aromatic N) is 2. The third kappa shape index (κ3) is 3.65. The van der Waals surface area contributed by atoms with Crippen LogP contribution in [0, 0.1) is 23.0 Å². The van der Waals surface area contributed by atoms with E-state index >= 15 is 0 Å². The van der Waals surface area contributed by atoms with Crippen LogP contribution in [0.15, 0.2) is 48.5 Å². The van der Waals surface area contributed by atoms with E-state index in [9.17, 15) is 19.7 Å². The fourth-order valence-electron chi connectivity index (χ4n) is 2.77. The molecule has 1 atom stereocenters. The summed E-state index contributed by atoms with van der Waals surface area (Å²) in [6.07, 6.45) is 0.120. The molecule has 1 N–H and O–H groups in total. The molecule has 0 aromatic heterocycles. The second-order valence-corrected chi connectivity index (χ2v) is 6.03. The second kappa shape index (κ2) is 6.72. The number of carbonyl (C=O) groups excluding carboxylic acids is 2. The highest BCUT2D eigenvalue weighted by molar-refractivity contribution is 6.03. The van der Waals surface area contributed by atoms with Gasteiger partial charge in [0.2, 0.25) is 11.8 Å². The average molecular weight is 339 g/mol. The molecule has 0 bridgehead atoms. The van der Waals surface area contributed by atoms with Crippen molar-refractivity contribution in [3.63, 3.8) is 0 Å².